The highest BCUT2D eigenvalue weighted by atomic mass is 35.5. The lowest BCUT2D eigenvalue weighted by atomic mass is 9.82. The Labute approximate surface area is 135 Å². The van der Waals surface area contributed by atoms with Crippen molar-refractivity contribution in [3.8, 4) is 5.75 Å². The molecule has 2 atom stereocenters. The van der Waals surface area contributed by atoms with E-state index in [9.17, 15) is 29.9 Å². The first kappa shape index (κ1) is 16.8. The van der Waals surface area contributed by atoms with E-state index in [1.807, 2.05) is 0 Å². The molecule has 8 nitrogen and oxygen atoms in total. The number of nitro benzene ring substituents is 1. The molecule has 122 valence electrons. The third-order valence-electron chi connectivity index (χ3n) is 3.57. The molecule has 1 aliphatic carbocycles. The average molecular weight is 339 g/mol. The second-order valence-corrected chi connectivity index (χ2v) is 5.54. The number of rotatable bonds is 4. The van der Waals surface area contributed by atoms with Crippen molar-refractivity contribution in [3.05, 3.63) is 39.4 Å². The Hall–Kier alpha value is -2.61. The number of nitrogens with zero attached hydrogens (tertiary/aromatic N) is 1. The van der Waals surface area contributed by atoms with Gasteiger partial charge in [-0.2, -0.15) is 0 Å². The molecule has 1 amide bonds. The lowest BCUT2D eigenvalue weighted by Crippen LogP contribution is -2.42. The molecule has 0 bridgehead atoms. The van der Waals surface area contributed by atoms with E-state index in [-0.39, 0.29) is 24.2 Å². The van der Waals surface area contributed by atoms with E-state index in [0.717, 1.165) is 18.2 Å². The van der Waals surface area contributed by atoms with Crippen molar-refractivity contribution in [1.29, 1.82) is 0 Å². The number of nitrogens with one attached hydrogen (secondary N) is 1. The van der Waals surface area contributed by atoms with Crippen molar-refractivity contribution >= 4 is 34.9 Å². The van der Waals surface area contributed by atoms with Gasteiger partial charge < -0.3 is 20.3 Å². The number of carboxylic acids is 1. The number of carbonyl (C=O) groups is 2. The van der Waals surface area contributed by atoms with Crippen molar-refractivity contribution in [2.45, 2.75) is 12.8 Å². The summed E-state index contributed by atoms with van der Waals surface area (Å²) >= 11 is 5.84. The molecular weight excluding hydrogens is 328 g/mol. The van der Waals surface area contributed by atoms with Gasteiger partial charge in [-0.3, -0.25) is 14.9 Å². The lowest BCUT2D eigenvalue weighted by molar-refractivity contribution is -0.385. The quantitative estimate of drug-likeness (QED) is 0.627. The number of allylic oxidation sites excluding steroid dienone is 2. The summed E-state index contributed by atoms with van der Waals surface area (Å²) in [6.07, 6.45) is 1.53. The van der Waals surface area contributed by atoms with E-state index >= 15 is 0 Å². The van der Waals surface area contributed by atoms with Gasteiger partial charge in [0.25, 0.3) is 5.69 Å². The Balaban J connectivity index is 2.24. The standard InChI is InChI=1S/C14H13ClN2O6/c15-7-1-3-9(14(20)21)10(5-7)13(19)16-11-6-8(17(22)23)2-4-12(11)18/h1-2,4,6,9-10,18H,3,5H2,(H,16,19)(H,20,21)/p-2/t9-,10+/m0/s1. The molecule has 0 fully saturated rings. The first-order valence-electron chi connectivity index (χ1n) is 6.61. The number of hydrogen-bond donors (Lipinski definition) is 1. The van der Waals surface area contributed by atoms with Crippen LogP contribution in [0.25, 0.3) is 0 Å². The van der Waals surface area contributed by atoms with Crippen LogP contribution in [-0.2, 0) is 9.59 Å². The molecule has 1 aromatic rings. The van der Waals surface area contributed by atoms with Crippen LogP contribution in [0.2, 0.25) is 0 Å². The fourth-order valence-electron chi connectivity index (χ4n) is 2.35. The number of benzene rings is 1. The molecule has 1 N–H and O–H groups in total. The zero-order valence-electron chi connectivity index (χ0n) is 11.7. The predicted octanol–water partition coefficient (Wildman–Crippen LogP) is 0.506. The van der Waals surface area contributed by atoms with Crippen LogP contribution in [0.3, 0.4) is 0 Å². The van der Waals surface area contributed by atoms with Crippen LogP contribution < -0.4 is 15.5 Å². The molecule has 0 radical (unpaired) electrons. The molecule has 23 heavy (non-hydrogen) atoms. The molecule has 2 rings (SSSR count). The lowest BCUT2D eigenvalue weighted by Gasteiger charge is -2.30. The number of non-ortho nitro benzene ring substituents is 1. The Kier molecular flexibility index (Phi) is 4.85. The Bertz CT molecular complexity index is 703. The van der Waals surface area contributed by atoms with Gasteiger partial charge in [0.05, 0.1) is 10.8 Å². The van der Waals surface area contributed by atoms with Gasteiger partial charge in [0.2, 0.25) is 5.91 Å². The maximum atomic E-state index is 12.3. The van der Waals surface area contributed by atoms with Crippen LogP contribution in [0, 0.1) is 22.0 Å². The maximum Gasteiger partial charge on any atom is 0.271 e. The molecule has 0 aliphatic heterocycles. The van der Waals surface area contributed by atoms with E-state index in [1.54, 1.807) is 0 Å². The van der Waals surface area contributed by atoms with Crippen LogP contribution >= 0.6 is 11.6 Å². The van der Waals surface area contributed by atoms with E-state index in [2.05, 4.69) is 5.32 Å². The highest BCUT2D eigenvalue weighted by Crippen LogP contribution is 2.33. The van der Waals surface area contributed by atoms with E-state index < -0.39 is 34.4 Å². The van der Waals surface area contributed by atoms with E-state index in [0.29, 0.717) is 5.03 Å². The van der Waals surface area contributed by atoms with Gasteiger partial charge >= 0.3 is 0 Å². The second-order valence-electron chi connectivity index (χ2n) is 5.05. The summed E-state index contributed by atoms with van der Waals surface area (Å²) < 4.78 is 0. The van der Waals surface area contributed by atoms with Gasteiger partial charge in [0, 0.05) is 34.7 Å². The van der Waals surface area contributed by atoms with Gasteiger partial charge in [-0.05, 0) is 12.8 Å². The molecule has 0 spiro atoms. The molecule has 0 saturated heterocycles. The topological polar surface area (TPSA) is 135 Å². The number of nitro groups is 1. The molecule has 9 heteroatoms. The van der Waals surface area contributed by atoms with Crippen molar-refractivity contribution in [3.63, 3.8) is 0 Å². The fraction of sp³-hybridized carbons (Fsp3) is 0.286. The highest BCUT2D eigenvalue weighted by molar-refractivity contribution is 6.29. The van der Waals surface area contributed by atoms with Crippen LogP contribution in [0.1, 0.15) is 12.8 Å². The minimum atomic E-state index is -1.40. The smallest absolute Gasteiger partial charge is 0.271 e. The molecule has 1 aromatic carbocycles. The molecule has 0 unspecified atom stereocenters. The van der Waals surface area contributed by atoms with Crippen molar-refractivity contribution < 1.29 is 24.7 Å². The molecule has 0 aromatic heterocycles. The normalized spacial score (nSPS) is 20.5. The number of halogens is 1. The Morgan fingerprint density at radius 3 is 2.61 bits per heavy atom. The predicted molar refractivity (Wildman–Crippen MR) is 76.3 cm³/mol. The van der Waals surface area contributed by atoms with Crippen molar-refractivity contribution in [2.24, 2.45) is 11.8 Å². The number of carboxylic acid groups (broad SMARTS) is 1. The minimum absolute atomic E-state index is 0.00481. The zero-order valence-corrected chi connectivity index (χ0v) is 12.4. The number of anilines is 1. The summed E-state index contributed by atoms with van der Waals surface area (Å²) in [5.41, 5.74) is -0.648. The van der Waals surface area contributed by atoms with Crippen molar-refractivity contribution in [2.75, 3.05) is 5.32 Å². The van der Waals surface area contributed by atoms with Gasteiger partial charge in [0.1, 0.15) is 0 Å². The first-order chi connectivity index (χ1) is 10.8. The fourth-order valence-corrected chi connectivity index (χ4v) is 2.60. The maximum absolute atomic E-state index is 12.3. The number of hydrogen-bond acceptors (Lipinski definition) is 6. The Morgan fingerprint density at radius 2 is 2.00 bits per heavy atom. The molecule has 1 aliphatic rings. The van der Waals surface area contributed by atoms with Crippen LogP contribution in [0.4, 0.5) is 11.4 Å². The number of carbonyl (C=O) groups excluding carboxylic acids is 2. The minimum Gasteiger partial charge on any atom is -0.871 e. The van der Waals surface area contributed by atoms with E-state index in [4.69, 9.17) is 11.6 Å². The summed E-state index contributed by atoms with van der Waals surface area (Å²) in [6, 6.07) is 2.90. The van der Waals surface area contributed by atoms with E-state index in [1.165, 1.54) is 6.08 Å². The van der Waals surface area contributed by atoms with Gasteiger partial charge in [-0.15, -0.1) is 0 Å². The van der Waals surface area contributed by atoms with Crippen molar-refractivity contribution in [1.82, 2.24) is 0 Å². The zero-order chi connectivity index (χ0) is 17.1. The van der Waals surface area contributed by atoms with Crippen LogP contribution in [0.5, 0.6) is 5.75 Å². The summed E-state index contributed by atoms with van der Waals surface area (Å²) in [5.74, 6) is -4.86. The first-order valence-corrected chi connectivity index (χ1v) is 6.99. The monoisotopic (exact) mass is 338 g/mol. The molecular formula is C14H11ClN2O6-2. The summed E-state index contributed by atoms with van der Waals surface area (Å²) in [7, 11) is 0. The summed E-state index contributed by atoms with van der Waals surface area (Å²) in [5, 5.41) is 36.1. The van der Waals surface area contributed by atoms with Crippen LogP contribution in [-0.4, -0.2) is 16.8 Å². The summed E-state index contributed by atoms with van der Waals surface area (Å²) in [6.45, 7) is 0. The second kappa shape index (κ2) is 6.66. The number of amides is 1. The van der Waals surface area contributed by atoms with Crippen LogP contribution in [0.15, 0.2) is 29.3 Å². The largest absolute Gasteiger partial charge is 0.871 e. The van der Waals surface area contributed by atoms with Gasteiger partial charge in [0.15, 0.2) is 0 Å². The Morgan fingerprint density at radius 1 is 1.30 bits per heavy atom. The highest BCUT2D eigenvalue weighted by Gasteiger charge is 2.32. The molecule has 0 heterocycles. The summed E-state index contributed by atoms with van der Waals surface area (Å²) in [4.78, 5) is 33.4. The third kappa shape index (κ3) is 3.78. The average Bonchev–Trinajstić information content (AvgIpc) is 2.48. The third-order valence-corrected chi connectivity index (χ3v) is 3.87. The van der Waals surface area contributed by atoms with Gasteiger partial charge in [-0.1, -0.05) is 29.5 Å². The van der Waals surface area contributed by atoms with Gasteiger partial charge in [-0.25, -0.2) is 0 Å². The molecule has 0 saturated carbocycles. The number of aliphatic carboxylic acids is 1. The SMILES string of the molecule is O=C([O-])[C@H]1CC=C(Cl)C[C@H]1C(=O)Nc1cc([N+](=O)[O-])ccc1[O-].